The summed E-state index contributed by atoms with van der Waals surface area (Å²) >= 11 is 0. The third-order valence-electron chi connectivity index (χ3n) is 10.0. The van der Waals surface area contributed by atoms with Gasteiger partial charge < -0.3 is 34.4 Å². The Balaban J connectivity index is 0.000000139. The fourth-order valence-corrected chi connectivity index (χ4v) is 6.61. The second kappa shape index (κ2) is 21.0. The molecule has 0 saturated heterocycles. The zero-order chi connectivity index (χ0) is 47.4. The van der Waals surface area contributed by atoms with E-state index in [2.05, 4.69) is 55.5 Å². The minimum Gasteiger partial charge on any atom is -0.478 e. The number of nitrogens with zero attached hydrogens (tertiary/aromatic N) is 10. The molecule has 9 aromatic heterocycles. The van der Waals surface area contributed by atoms with Crippen LogP contribution < -0.4 is 21.1 Å². The van der Waals surface area contributed by atoms with Crippen LogP contribution >= 0.6 is 0 Å². The molecule has 19 nitrogen and oxygen atoms in total. The van der Waals surface area contributed by atoms with Gasteiger partial charge in [0.15, 0.2) is 34.6 Å². The van der Waals surface area contributed by atoms with Gasteiger partial charge in [-0.1, -0.05) is 6.92 Å². The molecule has 1 saturated carbocycles. The number of rotatable bonds is 11. The number of ether oxygens (including phenoxy) is 1. The van der Waals surface area contributed by atoms with Crippen molar-refractivity contribution < 1.29 is 27.6 Å². The fraction of sp³-hybridized carbons (Fsp3) is 0.143. The smallest absolute Gasteiger partial charge is 0.258 e. The first-order chi connectivity index (χ1) is 33.2. The number of hydrogen-bond acceptors (Lipinski definition) is 17. The minimum atomic E-state index is -0.335. The molecule has 0 atom stereocenters. The molecule has 0 radical (unpaired) electrons. The first kappa shape index (κ1) is 45.1. The Hall–Kier alpha value is -9.44. The maximum Gasteiger partial charge on any atom is 0.258 e. The molecule has 1 aliphatic rings. The number of furan rings is 3. The van der Waals surface area contributed by atoms with Crippen molar-refractivity contribution in [2.45, 2.75) is 33.1 Å². The van der Waals surface area contributed by atoms with E-state index >= 15 is 0 Å². The monoisotopic (exact) mass is 907 g/mol. The summed E-state index contributed by atoms with van der Waals surface area (Å²) < 4.78 is 21.7. The molecule has 2 amide bonds. The summed E-state index contributed by atoms with van der Waals surface area (Å²) in [5, 5.41) is 14.6. The molecule has 0 unspecified atom stereocenters. The van der Waals surface area contributed by atoms with E-state index < -0.39 is 0 Å². The highest BCUT2D eigenvalue weighted by molar-refractivity contribution is 5.95. The maximum absolute atomic E-state index is 12.1. The van der Waals surface area contributed by atoms with Crippen LogP contribution in [0.5, 0.6) is 5.88 Å². The summed E-state index contributed by atoms with van der Waals surface area (Å²) in [7, 11) is 1.50. The first-order valence-corrected chi connectivity index (χ1v) is 21.1. The van der Waals surface area contributed by atoms with E-state index in [1.807, 2.05) is 49.4 Å². The van der Waals surface area contributed by atoms with Crippen LogP contribution in [-0.2, 0) is 16.0 Å². The van der Waals surface area contributed by atoms with E-state index in [0.717, 1.165) is 47.3 Å². The Bertz CT molecular complexity index is 3160. The molecular formula is C49H41N13O6. The first-order valence-electron chi connectivity index (χ1n) is 21.1. The highest BCUT2D eigenvalue weighted by Crippen LogP contribution is 2.37. The maximum atomic E-state index is 12.1. The van der Waals surface area contributed by atoms with Gasteiger partial charge in [-0.2, -0.15) is 5.26 Å². The van der Waals surface area contributed by atoms with Crippen LogP contribution in [-0.4, -0.2) is 63.8 Å². The van der Waals surface area contributed by atoms with Crippen molar-refractivity contribution in [3.05, 3.63) is 140 Å². The summed E-state index contributed by atoms with van der Waals surface area (Å²) in [5.41, 5.74) is 12.7. The summed E-state index contributed by atoms with van der Waals surface area (Å²) in [6, 6.07) is 23.6. The molecule has 68 heavy (non-hydrogen) atoms. The Kier molecular flexibility index (Phi) is 14.0. The Labute approximate surface area is 388 Å². The number of carbonyl (C=O) groups is 2. The number of nitrogen functional groups attached to an aromatic ring is 1. The van der Waals surface area contributed by atoms with Gasteiger partial charge in [-0.25, -0.2) is 29.9 Å². The second-order valence-electron chi connectivity index (χ2n) is 14.7. The average molecular weight is 908 g/mol. The van der Waals surface area contributed by atoms with E-state index in [0.29, 0.717) is 57.4 Å². The number of anilines is 3. The van der Waals surface area contributed by atoms with Crippen molar-refractivity contribution in [3.63, 3.8) is 0 Å². The number of aromatic nitrogens is 9. The summed E-state index contributed by atoms with van der Waals surface area (Å²) in [6.45, 7) is 3.34. The van der Waals surface area contributed by atoms with Gasteiger partial charge in [0.25, 0.3) is 5.88 Å². The molecule has 338 valence electrons. The predicted molar refractivity (Wildman–Crippen MR) is 250 cm³/mol. The number of methoxy groups -OCH3 is 1. The van der Waals surface area contributed by atoms with Gasteiger partial charge >= 0.3 is 0 Å². The molecule has 0 aromatic carbocycles. The van der Waals surface area contributed by atoms with Gasteiger partial charge in [-0.15, -0.1) is 0 Å². The van der Waals surface area contributed by atoms with Crippen molar-refractivity contribution in [2.75, 3.05) is 23.5 Å². The highest BCUT2D eigenvalue weighted by Gasteiger charge is 2.31. The SMILES string of the molecule is CC(=O)Nc1nc(-c2ccco2)c(-c2ccncc2)nc1C#N.CCc1nc(-c2ccncc2)c(-c2ccco2)nc1N.COc1nc(-c2ccncc2)c(-c2ccco2)nc1NC(=O)C1CC1. The third-order valence-corrected chi connectivity index (χ3v) is 10.0. The van der Waals surface area contributed by atoms with Crippen LogP contribution in [0.3, 0.4) is 0 Å². The van der Waals surface area contributed by atoms with Crippen LogP contribution in [0, 0.1) is 17.2 Å². The average Bonchev–Trinajstić information content (AvgIpc) is 3.74. The van der Waals surface area contributed by atoms with Crippen LogP contribution in [0.1, 0.15) is 38.1 Å². The normalized spacial score (nSPS) is 11.5. The number of nitriles is 1. The second-order valence-corrected chi connectivity index (χ2v) is 14.7. The lowest BCUT2D eigenvalue weighted by Crippen LogP contribution is -2.16. The van der Waals surface area contributed by atoms with Crippen molar-refractivity contribution in [3.8, 4) is 80.1 Å². The Morgan fingerprint density at radius 2 is 1.10 bits per heavy atom. The van der Waals surface area contributed by atoms with Gasteiger partial charge in [0.2, 0.25) is 11.8 Å². The lowest BCUT2D eigenvalue weighted by molar-refractivity contribution is -0.117. The zero-order valence-corrected chi connectivity index (χ0v) is 36.8. The van der Waals surface area contributed by atoms with Crippen molar-refractivity contribution >= 4 is 29.3 Å². The molecule has 9 aromatic rings. The van der Waals surface area contributed by atoms with Crippen LogP contribution in [0.25, 0.3) is 68.1 Å². The number of aryl methyl sites for hydroxylation is 1. The molecule has 1 aliphatic carbocycles. The van der Waals surface area contributed by atoms with E-state index in [1.54, 1.807) is 86.1 Å². The number of pyridine rings is 3. The number of nitrogens with one attached hydrogen (secondary N) is 2. The summed E-state index contributed by atoms with van der Waals surface area (Å²) in [5.74, 6) is 2.45. The molecule has 4 N–H and O–H groups in total. The molecular weight excluding hydrogens is 867 g/mol. The molecule has 19 heteroatoms. The molecule has 0 bridgehead atoms. The lowest BCUT2D eigenvalue weighted by atomic mass is 10.1. The topological polar surface area (TPSA) is 273 Å². The van der Waals surface area contributed by atoms with E-state index in [4.69, 9.17) is 23.7 Å². The molecule has 0 spiro atoms. The standard InChI is InChI=1S/C18H16N4O3.C16H11N5O2.C15H14N4O/c1-24-18-16(22-17(23)12-4-5-12)20-15(13-3-2-10-25-13)14(21-18)11-6-8-19-9-7-11;1-10(22)19-16-12(9-17)20-14(11-4-6-18-7-5-11)15(21-16)13-3-2-8-23-13;1-2-11-15(16)19-14(12-4-3-9-20-12)13(18-11)10-5-7-17-8-6-10/h2-3,6-10,12H,4-5H2,1H3,(H,20,22,23);2-8H,1H3,(H,19,21,22);3-9H,2H2,1H3,(H2,16,19). The van der Waals surface area contributed by atoms with Gasteiger partial charge in [0, 0.05) is 66.7 Å². The molecule has 0 aliphatic heterocycles. The van der Waals surface area contributed by atoms with E-state index in [-0.39, 0.29) is 35.1 Å². The third kappa shape index (κ3) is 10.6. The molecule has 9 heterocycles. The number of hydrogen-bond donors (Lipinski definition) is 3. The van der Waals surface area contributed by atoms with E-state index in [9.17, 15) is 14.9 Å². The van der Waals surface area contributed by atoms with Gasteiger partial charge in [0.05, 0.1) is 31.6 Å². The van der Waals surface area contributed by atoms with Crippen LogP contribution in [0.4, 0.5) is 17.5 Å². The lowest BCUT2D eigenvalue weighted by Gasteiger charge is -2.13. The van der Waals surface area contributed by atoms with Crippen LogP contribution in [0.2, 0.25) is 0 Å². The van der Waals surface area contributed by atoms with Crippen LogP contribution in [0.15, 0.2) is 142 Å². The van der Waals surface area contributed by atoms with Crippen molar-refractivity contribution in [1.29, 1.82) is 5.26 Å². The molecule has 1 fully saturated rings. The van der Waals surface area contributed by atoms with Gasteiger partial charge in [-0.3, -0.25) is 24.5 Å². The summed E-state index contributed by atoms with van der Waals surface area (Å²) in [6.07, 6.45) is 17.3. The fourth-order valence-electron chi connectivity index (χ4n) is 6.61. The number of amides is 2. The van der Waals surface area contributed by atoms with Crippen molar-refractivity contribution in [2.24, 2.45) is 5.92 Å². The number of carbonyl (C=O) groups excluding carboxylic acids is 2. The van der Waals surface area contributed by atoms with Gasteiger partial charge in [0.1, 0.15) is 46.1 Å². The van der Waals surface area contributed by atoms with Crippen molar-refractivity contribution in [1.82, 2.24) is 44.9 Å². The summed E-state index contributed by atoms with van der Waals surface area (Å²) in [4.78, 5) is 62.4. The quantitative estimate of drug-likeness (QED) is 0.109. The Morgan fingerprint density at radius 3 is 1.51 bits per heavy atom. The molecule has 10 rings (SSSR count). The number of nitrogens with two attached hydrogens (primary N) is 1. The largest absolute Gasteiger partial charge is 0.478 e. The van der Waals surface area contributed by atoms with E-state index in [1.165, 1.54) is 20.3 Å². The zero-order valence-electron chi connectivity index (χ0n) is 36.8. The highest BCUT2D eigenvalue weighted by atomic mass is 16.5. The minimum absolute atomic E-state index is 0.0299. The Morgan fingerprint density at radius 1 is 0.647 bits per heavy atom. The van der Waals surface area contributed by atoms with Gasteiger partial charge in [-0.05, 0) is 92.1 Å². The predicted octanol–water partition coefficient (Wildman–Crippen LogP) is 8.73.